The summed E-state index contributed by atoms with van der Waals surface area (Å²) in [5, 5.41) is 2.93. The molecule has 0 atom stereocenters. The van der Waals surface area contributed by atoms with E-state index in [1.54, 1.807) is 13.0 Å². The van der Waals surface area contributed by atoms with Crippen molar-refractivity contribution in [3.05, 3.63) is 23.2 Å². The highest BCUT2D eigenvalue weighted by Crippen LogP contribution is 2.19. The third-order valence-electron chi connectivity index (χ3n) is 3.32. The largest absolute Gasteiger partial charge is 0.466 e. The van der Waals surface area contributed by atoms with Crippen LogP contribution in [0.4, 0.5) is 0 Å². The first-order valence-corrected chi connectivity index (χ1v) is 6.46. The first-order valence-electron chi connectivity index (χ1n) is 6.05. The third-order valence-corrected chi connectivity index (χ3v) is 3.71. The highest BCUT2D eigenvalue weighted by molar-refractivity contribution is 7.80. The van der Waals surface area contributed by atoms with Gasteiger partial charge in [-0.2, -0.15) is 0 Å². The van der Waals surface area contributed by atoms with E-state index in [1.807, 2.05) is 20.8 Å². The Kier molecular flexibility index (Phi) is 4.51. The summed E-state index contributed by atoms with van der Waals surface area (Å²) in [6.45, 7) is 7.49. The van der Waals surface area contributed by atoms with Crippen molar-refractivity contribution in [2.45, 2.75) is 46.1 Å². The van der Waals surface area contributed by atoms with Crippen LogP contribution in [-0.2, 0) is 0 Å². The number of thiocarbonyl (C=S) groups is 1. The molecule has 3 N–H and O–H groups in total. The summed E-state index contributed by atoms with van der Waals surface area (Å²) < 4.78 is 5.35. The van der Waals surface area contributed by atoms with Gasteiger partial charge >= 0.3 is 0 Å². The predicted octanol–water partition coefficient (Wildman–Crippen LogP) is 2.47. The van der Waals surface area contributed by atoms with Gasteiger partial charge in [0.15, 0.2) is 0 Å². The summed E-state index contributed by atoms with van der Waals surface area (Å²) in [6, 6.07) is 1.72. The quantitative estimate of drug-likeness (QED) is 0.805. The van der Waals surface area contributed by atoms with Gasteiger partial charge in [-0.3, -0.25) is 4.79 Å². The molecule has 1 aromatic rings. The molecular formula is C13H20N2O2S. The molecule has 0 fully saturated rings. The topological polar surface area (TPSA) is 68.3 Å². The van der Waals surface area contributed by atoms with E-state index in [0.717, 1.165) is 0 Å². The van der Waals surface area contributed by atoms with Crippen molar-refractivity contribution < 1.29 is 9.21 Å². The maximum absolute atomic E-state index is 12.2. The molecule has 0 radical (unpaired) electrons. The van der Waals surface area contributed by atoms with Gasteiger partial charge in [-0.25, -0.2) is 0 Å². The molecule has 1 rings (SSSR count). The first-order chi connectivity index (χ1) is 8.36. The molecule has 0 aromatic carbocycles. The Balaban J connectivity index is 2.99. The summed E-state index contributed by atoms with van der Waals surface area (Å²) >= 11 is 5.07. The average Bonchev–Trinajstić information content (AvgIpc) is 2.65. The molecule has 0 saturated heterocycles. The van der Waals surface area contributed by atoms with Crippen LogP contribution in [0, 0.1) is 13.8 Å². The summed E-state index contributed by atoms with van der Waals surface area (Å²) in [5.74, 6) is 1.13. The van der Waals surface area contributed by atoms with Gasteiger partial charge in [0.05, 0.1) is 16.1 Å². The molecule has 1 amide bonds. The molecule has 4 nitrogen and oxygen atoms in total. The molecule has 1 heterocycles. The zero-order chi connectivity index (χ0) is 13.9. The second-order valence-electron chi connectivity index (χ2n) is 4.43. The van der Waals surface area contributed by atoms with Crippen molar-refractivity contribution >= 4 is 23.1 Å². The van der Waals surface area contributed by atoms with Crippen LogP contribution in [-0.4, -0.2) is 16.4 Å². The van der Waals surface area contributed by atoms with Crippen LogP contribution in [0.15, 0.2) is 10.5 Å². The lowest BCUT2D eigenvalue weighted by molar-refractivity contribution is 0.0918. The summed E-state index contributed by atoms with van der Waals surface area (Å²) in [5.41, 5.74) is 5.67. The second-order valence-corrected chi connectivity index (χ2v) is 4.87. The normalized spacial score (nSPS) is 11.3. The maximum Gasteiger partial charge on any atom is 0.255 e. The van der Waals surface area contributed by atoms with Crippen molar-refractivity contribution in [3.63, 3.8) is 0 Å². The van der Waals surface area contributed by atoms with Crippen LogP contribution < -0.4 is 11.1 Å². The SMILES string of the molecule is CCC(CC)(NC(=O)c1cc(C)oc1C)C(N)=S. The Morgan fingerprint density at radius 1 is 1.44 bits per heavy atom. The van der Waals surface area contributed by atoms with E-state index >= 15 is 0 Å². The number of nitrogens with one attached hydrogen (secondary N) is 1. The predicted molar refractivity (Wildman–Crippen MR) is 75.7 cm³/mol. The Labute approximate surface area is 113 Å². The van der Waals surface area contributed by atoms with E-state index in [1.165, 1.54) is 0 Å². The summed E-state index contributed by atoms with van der Waals surface area (Å²) in [4.78, 5) is 12.5. The third kappa shape index (κ3) is 2.72. The van der Waals surface area contributed by atoms with Gasteiger partial charge in [-0.15, -0.1) is 0 Å². The fraction of sp³-hybridized carbons (Fsp3) is 0.538. The molecule has 100 valence electrons. The standard InChI is InChI=1S/C13H20N2O2S/c1-5-13(6-2,12(14)18)15-11(16)10-7-8(3)17-9(10)4/h7H,5-6H2,1-4H3,(H2,14,18)(H,15,16). The second kappa shape index (κ2) is 5.52. The molecule has 0 aliphatic rings. The van der Waals surface area contributed by atoms with Gasteiger partial charge in [0, 0.05) is 0 Å². The zero-order valence-corrected chi connectivity index (χ0v) is 12.1. The van der Waals surface area contributed by atoms with Crippen molar-refractivity contribution in [1.82, 2.24) is 5.32 Å². The number of amides is 1. The molecule has 1 aromatic heterocycles. The number of nitrogens with two attached hydrogens (primary N) is 1. The number of hydrogen-bond donors (Lipinski definition) is 2. The van der Waals surface area contributed by atoms with Crippen molar-refractivity contribution in [2.24, 2.45) is 5.73 Å². The Bertz CT molecular complexity index is 462. The number of hydrogen-bond acceptors (Lipinski definition) is 3. The minimum absolute atomic E-state index is 0.194. The molecule has 5 heteroatoms. The van der Waals surface area contributed by atoms with E-state index in [-0.39, 0.29) is 5.91 Å². The molecule has 0 aliphatic heterocycles. The van der Waals surface area contributed by atoms with Crippen LogP contribution in [0.25, 0.3) is 0 Å². The molecule has 0 bridgehead atoms. The van der Waals surface area contributed by atoms with Crippen LogP contribution in [0.2, 0.25) is 0 Å². The monoisotopic (exact) mass is 268 g/mol. The number of carbonyl (C=O) groups excluding carboxylic acids is 1. The highest BCUT2D eigenvalue weighted by Gasteiger charge is 2.32. The van der Waals surface area contributed by atoms with Crippen LogP contribution in [0.5, 0.6) is 0 Å². The Morgan fingerprint density at radius 3 is 2.33 bits per heavy atom. The van der Waals surface area contributed by atoms with Gasteiger partial charge < -0.3 is 15.5 Å². The Hall–Kier alpha value is -1.36. The summed E-state index contributed by atoms with van der Waals surface area (Å²) in [6.07, 6.45) is 1.33. The van der Waals surface area contributed by atoms with Gasteiger partial charge in [-0.05, 0) is 32.8 Å². The van der Waals surface area contributed by atoms with E-state index in [2.05, 4.69) is 5.32 Å². The van der Waals surface area contributed by atoms with Gasteiger partial charge in [0.2, 0.25) is 0 Å². The molecule has 0 aliphatic carbocycles. The maximum atomic E-state index is 12.2. The van der Waals surface area contributed by atoms with Crippen LogP contribution in [0.3, 0.4) is 0 Å². The van der Waals surface area contributed by atoms with E-state index in [0.29, 0.717) is 34.9 Å². The first kappa shape index (κ1) is 14.7. The average molecular weight is 268 g/mol. The van der Waals surface area contributed by atoms with Gasteiger partial charge in [0.1, 0.15) is 11.5 Å². The molecule has 0 spiro atoms. The molecule has 18 heavy (non-hydrogen) atoms. The van der Waals surface area contributed by atoms with Crippen LogP contribution >= 0.6 is 12.2 Å². The Morgan fingerprint density at radius 2 is 2.00 bits per heavy atom. The summed E-state index contributed by atoms with van der Waals surface area (Å²) in [7, 11) is 0. The fourth-order valence-electron chi connectivity index (χ4n) is 1.98. The van der Waals surface area contributed by atoms with Gasteiger partial charge in [-0.1, -0.05) is 26.1 Å². The van der Waals surface area contributed by atoms with E-state index in [4.69, 9.17) is 22.4 Å². The van der Waals surface area contributed by atoms with E-state index in [9.17, 15) is 4.79 Å². The van der Waals surface area contributed by atoms with E-state index < -0.39 is 5.54 Å². The molecular weight excluding hydrogens is 248 g/mol. The zero-order valence-electron chi connectivity index (χ0n) is 11.3. The molecule has 0 saturated carbocycles. The van der Waals surface area contributed by atoms with Gasteiger partial charge in [0.25, 0.3) is 5.91 Å². The molecule has 0 unspecified atom stereocenters. The minimum Gasteiger partial charge on any atom is -0.466 e. The number of aryl methyl sites for hydroxylation is 2. The minimum atomic E-state index is -0.621. The fourth-order valence-corrected chi connectivity index (χ4v) is 2.32. The number of rotatable bonds is 5. The highest BCUT2D eigenvalue weighted by atomic mass is 32.1. The lowest BCUT2D eigenvalue weighted by Gasteiger charge is -2.31. The lowest BCUT2D eigenvalue weighted by atomic mass is 9.92. The lowest BCUT2D eigenvalue weighted by Crippen LogP contribution is -2.56. The van der Waals surface area contributed by atoms with Crippen molar-refractivity contribution in [3.8, 4) is 0 Å². The number of carbonyl (C=O) groups is 1. The van der Waals surface area contributed by atoms with Crippen LogP contribution in [0.1, 0.15) is 48.6 Å². The van der Waals surface area contributed by atoms with Crippen molar-refractivity contribution in [1.29, 1.82) is 0 Å². The van der Waals surface area contributed by atoms with Crippen molar-refractivity contribution in [2.75, 3.05) is 0 Å². The number of furan rings is 1. The smallest absolute Gasteiger partial charge is 0.255 e.